The maximum absolute atomic E-state index is 10.9. The molecule has 2 aliphatic rings. The minimum absolute atomic E-state index is 0. The van der Waals surface area contributed by atoms with Crippen molar-refractivity contribution in [2.75, 3.05) is 6.79 Å². The highest BCUT2D eigenvalue weighted by Gasteiger charge is 2.26. The number of hydrogen-bond donors (Lipinski definition) is 1. The highest BCUT2D eigenvalue weighted by atomic mass is 35.5. The molecule has 0 saturated heterocycles. The molecule has 0 spiro atoms. The number of nitro groups is 1. The number of aromatic nitrogens is 1. The van der Waals surface area contributed by atoms with Gasteiger partial charge in [0, 0.05) is 36.6 Å². The predicted molar refractivity (Wildman–Crippen MR) is 101 cm³/mol. The quantitative estimate of drug-likeness (QED) is 0.537. The van der Waals surface area contributed by atoms with E-state index in [1.54, 1.807) is 24.3 Å². The van der Waals surface area contributed by atoms with E-state index in [-0.39, 0.29) is 35.9 Å². The molecule has 0 bridgehead atoms. The second-order valence-electron chi connectivity index (χ2n) is 6.30. The van der Waals surface area contributed by atoms with Crippen molar-refractivity contribution < 1.29 is 14.4 Å². The van der Waals surface area contributed by atoms with E-state index in [1.807, 2.05) is 24.4 Å². The van der Waals surface area contributed by atoms with Gasteiger partial charge in [0.1, 0.15) is 0 Å². The highest BCUT2D eigenvalue weighted by molar-refractivity contribution is 5.85. The number of nitrogens with zero attached hydrogens (tertiary/aromatic N) is 2. The summed E-state index contributed by atoms with van der Waals surface area (Å²) in [7, 11) is 0. The van der Waals surface area contributed by atoms with Gasteiger partial charge in [-0.05, 0) is 29.3 Å². The SMILES string of the molecule is Cl.O=[N+]([O-])c1ccc(C2NCc3cc4c(cc3-n3cccc32)OCO4)cc1. The number of nitrogens with one attached hydrogen (secondary N) is 1. The number of hydrogen-bond acceptors (Lipinski definition) is 5. The monoisotopic (exact) mass is 385 g/mol. The Labute approximate surface area is 161 Å². The third kappa shape index (κ3) is 2.81. The van der Waals surface area contributed by atoms with Gasteiger partial charge >= 0.3 is 0 Å². The standard InChI is InChI=1S/C19H15N3O4.ClH/c23-22(24)14-5-3-12(4-6-14)19-15-2-1-7-21(15)16-9-18-17(25-11-26-18)8-13(16)10-20-19;/h1-9,19-20H,10-11H2;1H. The molecule has 1 atom stereocenters. The van der Waals surface area contributed by atoms with Gasteiger partial charge in [0.25, 0.3) is 5.69 Å². The summed E-state index contributed by atoms with van der Waals surface area (Å²) in [4.78, 5) is 10.5. The van der Waals surface area contributed by atoms with Crippen molar-refractivity contribution in [2.45, 2.75) is 12.6 Å². The molecule has 2 aliphatic heterocycles. The molecule has 1 aromatic heterocycles. The molecule has 8 heteroatoms. The van der Waals surface area contributed by atoms with Gasteiger partial charge in [-0.3, -0.25) is 10.1 Å². The van der Waals surface area contributed by atoms with Crippen molar-refractivity contribution in [1.82, 2.24) is 9.88 Å². The number of nitro benzene ring substituents is 1. The number of rotatable bonds is 2. The molecule has 7 nitrogen and oxygen atoms in total. The molecular weight excluding hydrogens is 370 g/mol. The lowest BCUT2D eigenvalue weighted by molar-refractivity contribution is -0.384. The van der Waals surface area contributed by atoms with Crippen molar-refractivity contribution in [1.29, 1.82) is 0 Å². The summed E-state index contributed by atoms with van der Waals surface area (Å²) in [5.74, 6) is 1.50. The van der Waals surface area contributed by atoms with Crippen LogP contribution in [0.25, 0.3) is 5.69 Å². The Morgan fingerprint density at radius 3 is 2.59 bits per heavy atom. The van der Waals surface area contributed by atoms with Gasteiger partial charge in [0.05, 0.1) is 16.7 Å². The Hall–Kier alpha value is -3.03. The van der Waals surface area contributed by atoms with Crippen LogP contribution in [0.4, 0.5) is 5.69 Å². The lowest BCUT2D eigenvalue weighted by atomic mass is 10.0. The van der Waals surface area contributed by atoms with E-state index in [2.05, 4.69) is 16.0 Å². The normalized spacial score (nSPS) is 16.7. The minimum atomic E-state index is -0.385. The van der Waals surface area contributed by atoms with Gasteiger partial charge in [-0.2, -0.15) is 0 Å². The molecule has 0 amide bonds. The van der Waals surface area contributed by atoms with Crippen LogP contribution in [0.3, 0.4) is 0 Å². The van der Waals surface area contributed by atoms with Crippen LogP contribution in [0, 0.1) is 10.1 Å². The number of fused-ring (bicyclic) bond motifs is 4. The fourth-order valence-electron chi connectivity index (χ4n) is 3.58. The summed E-state index contributed by atoms with van der Waals surface area (Å²) in [5, 5.41) is 14.5. The third-order valence-corrected chi connectivity index (χ3v) is 4.84. The second-order valence-corrected chi connectivity index (χ2v) is 6.30. The molecule has 1 unspecified atom stereocenters. The predicted octanol–water partition coefficient (Wildman–Crippen LogP) is 3.73. The van der Waals surface area contributed by atoms with Gasteiger partial charge in [0.15, 0.2) is 11.5 Å². The lowest BCUT2D eigenvalue weighted by Gasteiger charge is -2.18. The van der Waals surface area contributed by atoms with E-state index in [0.717, 1.165) is 34.0 Å². The fourth-order valence-corrected chi connectivity index (χ4v) is 3.58. The molecule has 3 heterocycles. The van der Waals surface area contributed by atoms with E-state index >= 15 is 0 Å². The van der Waals surface area contributed by atoms with Crippen molar-refractivity contribution in [2.24, 2.45) is 0 Å². The summed E-state index contributed by atoms with van der Waals surface area (Å²) in [6, 6.07) is 14.7. The molecule has 0 radical (unpaired) electrons. The van der Waals surface area contributed by atoms with Crippen molar-refractivity contribution >= 4 is 18.1 Å². The van der Waals surface area contributed by atoms with E-state index in [4.69, 9.17) is 9.47 Å². The van der Waals surface area contributed by atoms with Crippen LogP contribution >= 0.6 is 12.4 Å². The minimum Gasteiger partial charge on any atom is -0.454 e. The maximum atomic E-state index is 10.9. The number of halogens is 1. The molecule has 3 aromatic rings. The smallest absolute Gasteiger partial charge is 0.269 e. The van der Waals surface area contributed by atoms with Crippen molar-refractivity contribution in [3.63, 3.8) is 0 Å². The first-order valence-electron chi connectivity index (χ1n) is 8.28. The van der Waals surface area contributed by atoms with Crippen LogP contribution in [0.2, 0.25) is 0 Å². The molecule has 2 aromatic carbocycles. The van der Waals surface area contributed by atoms with Gasteiger partial charge in [-0.1, -0.05) is 12.1 Å². The van der Waals surface area contributed by atoms with E-state index in [1.165, 1.54) is 0 Å². The highest BCUT2D eigenvalue weighted by Crippen LogP contribution is 2.39. The van der Waals surface area contributed by atoms with Gasteiger partial charge in [0.2, 0.25) is 6.79 Å². The van der Waals surface area contributed by atoms with Crippen LogP contribution in [0.5, 0.6) is 11.5 Å². The average molecular weight is 386 g/mol. The van der Waals surface area contributed by atoms with Crippen LogP contribution in [-0.2, 0) is 6.54 Å². The second kappa shape index (κ2) is 6.61. The number of benzene rings is 2. The van der Waals surface area contributed by atoms with Gasteiger partial charge < -0.3 is 19.4 Å². The van der Waals surface area contributed by atoms with Crippen LogP contribution in [0.1, 0.15) is 22.9 Å². The Morgan fingerprint density at radius 1 is 1.11 bits per heavy atom. The van der Waals surface area contributed by atoms with E-state index < -0.39 is 0 Å². The molecule has 0 aliphatic carbocycles. The van der Waals surface area contributed by atoms with Crippen LogP contribution in [0.15, 0.2) is 54.7 Å². The Kier molecular flexibility index (Phi) is 4.25. The molecule has 0 fully saturated rings. The average Bonchev–Trinajstić information content (AvgIpc) is 3.28. The van der Waals surface area contributed by atoms with Gasteiger partial charge in [-0.25, -0.2) is 0 Å². The first-order chi connectivity index (χ1) is 12.7. The fraction of sp³-hybridized carbons (Fsp3) is 0.158. The Balaban J connectivity index is 0.00000180. The Morgan fingerprint density at radius 2 is 1.85 bits per heavy atom. The summed E-state index contributed by atoms with van der Waals surface area (Å²) in [5.41, 5.74) is 4.29. The summed E-state index contributed by atoms with van der Waals surface area (Å²) >= 11 is 0. The molecule has 1 N–H and O–H groups in total. The third-order valence-electron chi connectivity index (χ3n) is 4.84. The largest absolute Gasteiger partial charge is 0.454 e. The van der Waals surface area contributed by atoms with Crippen LogP contribution in [-0.4, -0.2) is 16.3 Å². The molecule has 27 heavy (non-hydrogen) atoms. The summed E-state index contributed by atoms with van der Waals surface area (Å²) in [6.07, 6.45) is 2.02. The number of non-ortho nitro benzene ring substituents is 1. The summed E-state index contributed by atoms with van der Waals surface area (Å²) < 4.78 is 13.2. The van der Waals surface area contributed by atoms with E-state index in [9.17, 15) is 10.1 Å². The topological polar surface area (TPSA) is 78.6 Å². The Bertz CT molecular complexity index is 1020. The number of ether oxygens (including phenoxy) is 2. The van der Waals surface area contributed by atoms with Gasteiger partial charge in [-0.15, -0.1) is 12.4 Å². The van der Waals surface area contributed by atoms with Crippen molar-refractivity contribution in [3.05, 3.63) is 81.7 Å². The zero-order chi connectivity index (χ0) is 17.7. The molecule has 0 saturated carbocycles. The lowest BCUT2D eigenvalue weighted by Crippen LogP contribution is -2.21. The van der Waals surface area contributed by atoms with Crippen molar-refractivity contribution in [3.8, 4) is 17.2 Å². The zero-order valence-corrected chi connectivity index (χ0v) is 14.9. The van der Waals surface area contributed by atoms with E-state index in [0.29, 0.717) is 6.54 Å². The summed E-state index contributed by atoms with van der Waals surface area (Å²) in [6.45, 7) is 0.894. The molecule has 138 valence electrons. The van der Waals surface area contributed by atoms with Crippen LogP contribution < -0.4 is 14.8 Å². The molecular formula is C19H16ClN3O4. The maximum Gasteiger partial charge on any atom is 0.269 e. The molecule has 5 rings (SSSR count). The first-order valence-corrected chi connectivity index (χ1v) is 8.28. The zero-order valence-electron chi connectivity index (χ0n) is 14.1. The first kappa shape index (κ1) is 17.4.